The summed E-state index contributed by atoms with van der Waals surface area (Å²) in [5.41, 5.74) is 3.64. The van der Waals surface area contributed by atoms with Gasteiger partial charge in [0.25, 0.3) is 0 Å². The van der Waals surface area contributed by atoms with Crippen LogP contribution in [-0.4, -0.2) is 54.5 Å². The molecular formula is C27H28N2O4S2. The molecule has 35 heavy (non-hydrogen) atoms. The summed E-state index contributed by atoms with van der Waals surface area (Å²) in [5, 5.41) is 2.09. The summed E-state index contributed by atoms with van der Waals surface area (Å²) >= 11 is 3.40. The van der Waals surface area contributed by atoms with Crippen molar-refractivity contribution in [1.29, 1.82) is 0 Å². The molecule has 1 amide bonds. The lowest BCUT2D eigenvalue weighted by Gasteiger charge is -2.17. The van der Waals surface area contributed by atoms with E-state index >= 15 is 0 Å². The molecule has 0 aliphatic carbocycles. The van der Waals surface area contributed by atoms with E-state index in [9.17, 15) is 9.59 Å². The number of para-hydroxylation sites is 1. The normalized spacial score (nSPS) is 12.1. The Morgan fingerprint density at radius 1 is 0.971 bits per heavy atom. The molecule has 2 aromatic carbocycles. The van der Waals surface area contributed by atoms with E-state index in [-0.39, 0.29) is 16.5 Å². The van der Waals surface area contributed by atoms with Gasteiger partial charge < -0.3 is 14.1 Å². The third-order valence-corrected chi connectivity index (χ3v) is 8.40. The van der Waals surface area contributed by atoms with Gasteiger partial charge in [0, 0.05) is 42.8 Å². The molecule has 0 saturated carbocycles. The number of amides is 1. The number of methoxy groups -OCH3 is 1. The Labute approximate surface area is 213 Å². The predicted molar refractivity (Wildman–Crippen MR) is 145 cm³/mol. The fourth-order valence-electron chi connectivity index (χ4n) is 3.61. The second-order valence-corrected chi connectivity index (χ2v) is 11.0. The van der Waals surface area contributed by atoms with Gasteiger partial charge in [-0.05, 0) is 35.9 Å². The number of nitrogens with zero attached hydrogens (tertiary/aromatic N) is 2. The average Bonchev–Trinajstić information content (AvgIpc) is 3.30. The van der Waals surface area contributed by atoms with Crippen LogP contribution in [-0.2, 0) is 14.3 Å². The Kier molecular flexibility index (Phi) is 8.36. The Morgan fingerprint density at radius 3 is 2.51 bits per heavy atom. The maximum absolute atomic E-state index is 12.0. The highest BCUT2D eigenvalue weighted by Gasteiger charge is 2.17. The van der Waals surface area contributed by atoms with Gasteiger partial charge in [-0.25, -0.2) is 4.98 Å². The maximum atomic E-state index is 12.0. The highest BCUT2D eigenvalue weighted by atomic mass is 32.2. The van der Waals surface area contributed by atoms with Gasteiger partial charge in [-0.3, -0.25) is 9.59 Å². The molecule has 1 atom stereocenters. The number of benzene rings is 2. The lowest BCUT2D eigenvalue weighted by Crippen LogP contribution is -2.21. The summed E-state index contributed by atoms with van der Waals surface area (Å²) in [6, 6.07) is 20.2. The number of ether oxygens (including phenoxy) is 1. The molecule has 4 aromatic rings. The van der Waals surface area contributed by atoms with Crippen molar-refractivity contribution in [3.05, 3.63) is 66.2 Å². The fourth-order valence-corrected chi connectivity index (χ4v) is 6.25. The maximum Gasteiger partial charge on any atom is 0.306 e. The van der Waals surface area contributed by atoms with Crippen molar-refractivity contribution >= 4 is 57.3 Å². The fraction of sp³-hybridized carbons (Fsp3) is 0.296. The first-order valence-electron chi connectivity index (χ1n) is 11.3. The van der Waals surface area contributed by atoms with Crippen molar-refractivity contribution in [2.24, 2.45) is 0 Å². The van der Waals surface area contributed by atoms with E-state index in [1.54, 1.807) is 42.5 Å². The number of hydrogen-bond acceptors (Lipinski definition) is 7. The molecule has 0 fully saturated rings. The smallest absolute Gasteiger partial charge is 0.306 e. The van der Waals surface area contributed by atoms with Crippen LogP contribution in [0.3, 0.4) is 0 Å². The van der Waals surface area contributed by atoms with Gasteiger partial charge in [0.2, 0.25) is 5.91 Å². The highest BCUT2D eigenvalue weighted by molar-refractivity contribution is 8.16. The zero-order valence-electron chi connectivity index (χ0n) is 20.0. The summed E-state index contributed by atoms with van der Waals surface area (Å²) in [6.45, 7) is 0. The van der Waals surface area contributed by atoms with E-state index in [2.05, 4.69) is 18.2 Å². The summed E-state index contributed by atoms with van der Waals surface area (Å²) in [7, 11) is 4.94. The zero-order valence-corrected chi connectivity index (χ0v) is 21.7. The molecule has 0 N–H and O–H groups in total. The topological polar surface area (TPSA) is 72.6 Å². The first kappa shape index (κ1) is 25.1. The Morgan fingerprint density at radius 2 is 1.74 bits per heavy atom. The number of fused-ring (bicyclic) bond motifs is 2. The van der Waals surface area contributed by atoms with Crippen molar-refractivity contribution in [1.82, 2.24) is 9.88 Å². The van der Waals surface area contributed by atoms with Crippen LogP contribution < -0.4 is 0 Å². The number of thioether (sulfide) groups is 2. The highest BCUT2D eigenvalue weighted by Crippen LogP contribution is 2.42. The average molecular weight is 509 g/mol. The van der Waals surface area contributed by atoms with E-state index in [0.29, 0.717) is 24.3 Å². The van der Waals surface area contributed by atoms with Crippen LogP contribution in [0.5, 0.6) is 0 Å². The molecule has 4 rings (SSSR count). The number of carbonyl (C=O) groups is 2. The van der Waals surface area contributed by atoms with Crippen LogP contribution in [0, 0.1) is 0 Å². The molecule has 2 heterocycles. The minimum absolute atomic E-state index is 0.0798. The van der Waals surface area contributed by atoms with E-state index in [1.165, 1.54) is 7.11 Å². The standard InChI is InChI=1S/C27H28N2O4S2/c1-29(2)25(30)12-14-34-27(35-15-13-26(31)32-3)19-9-11-23-20(16-19)17-24(33-23)22-10-8-18-6-4-5-7-21(18)28-22/h4-11,16-17,27H,12-15H2,1-3H3. The van der Waals surface area contributed by atoms with Gasteiger partial charge in [-0.2, -0.15) is 0 Å². The molecule has 6 nitrogen and oxygen atoms in total. The monoisotopic (exact) mass is 508 g/mol. The number of pyridine rings is 1. The molecule has 0 saturated heterocycles. The Bertz CT molecular complexity index is 1340. The first-order chi connectivity index (χ1) is 16.9. The Hall–Kier alpha value is -2.97. The van der Waals surface area contributed by atoms with Crippen molar-refractivity contribution in [3.8, 4) is 11.5 Å². The van der Waals surface area contributed by atoms with Gasteiger partial charge in [-0.1, -0.05) is 30.3 Å². The molecule has 182 valence electrons. The van der Waals surface area contributed by atoms with Crippen LogP contribution in [0.15, 0.2) is 65.1 Å². The summed E-state index contributed by atoms with van der Waals surface area (Å²) in [4.78, 5) is 30.0. The number of hydrogen-bond donors (Lipinski definition) is 0. The molecule has 0 aliphatic heterocycles. The van der Waals surface area contributed by atoms with Gasteiger partial charge in [0.1, 0.15) is 11.3 Å². The predicted octanol–water partition coefficient (Wildman–Crippen LogP) is 6.15. The van der Waals surface area contributed by atoms with Crippen molar-refractivity contribution < 1.29 is 18.7 Å². The largest absolute Gasteiger partial charge is 0.469 e. The quantitative estimate of drug-likeness (QED) is 0.188. The molecular weight excluding hydrogens is 480 g/mol. The van der Waals surface area contributed by atoms with E-state index in [1.807, 2.05) is 42.5 Å². The van der Waals surface area contributed by atoms with E-state index in [4.69, 9.17) is 14.1 Å². The van der Waals surface area contributed by atoms with Gasteiger partial charge in [-0.15, -0.1) is 23.5 Å². The van der Waals surface area contributed by atoms with Crippen LogP contribution in [0.1, 0.15) is 23.0 Å². The summed E-state index contributed by atoms with van der Waals surface area (Å²) in [6.07, 6.45) is 0.818. The minimum Gasteiger partial charge on any atom is -0.469 e. The van der Waals surface area contributed by atoms with Crippen LogP contribution in [0.2, 0.25) is 0 Å². The van der Waals surface area contributed by atoms with Gasteiger partial charge in [0.15, 0.2) is 5.76 Å². The number of carbonyl (C=O) groups excluding carboxylic acids is 2. The van der Waals surface area contributed by atoms with Gasteiger partial charge >= 0.3 is 5.97 Å². The first-order valence-corrected chi connectivity index (χ1v) is 13.4. The lowest BCUT2D eigenvalue weighted by atomic mass is 10.1. The third kappa shape index (κ3) is 6.38. The number of aromatic nitrogens is 1. The molecule has 0 spiro atoms. The van der Waals surface area contributed by atoms with Crippen LogP contribution in [0.4, 0.5) is 0 Å². The van der Waals surface area contributed by atoms with Crippen LogP contribution >= 0.6 is 23.5 Å². The SMILES string of the molecule is COC(=O)CCSC(SCCC(=O)N(C)C)c1ccc2oc(-c3ccc4ccccc4n3)cc2c1. The number of esters is 1. The van der Waals surface area contributed by atoms with E-state index < -0.39 is 0 Å². The van der Waals surface area contributed by atoms with Crippen molar-refractivity contribution in [3.63, 3.8) is 0 Å². The number of rotatable bonds is 10. The van der Waals surface area contributed by atoms with Gasteiger partial charge in [0.05, 0.1) is 23.6 Å². The number of furan rings is 1. The van der Waals surface area contributed by atoms with E-state index in [0.717, 1.165) is 38.9 Å². The van der Waals surface area contributed by atoms with Crippen LogP contribution in [0.25, 0.3) is 33.3 Å². The molecule has 1 unspecified atom stereocenters. The second-order valence-electron chi connectivity index (χ2n) is 8.23. The zero-order chi connectivity index (χ0) is 24.8. The van der Waals surface area contributed by atoms with Crippen molar-refractivity contribution in [2.45, 2.75) is 17.4 Å². The molecule has 0 bridgehead atoms. The summed E-state index contributed by atoms with van der Waals surface area (Å²) in [5.74, 6) is 1.95. The Balaban J connectivity index is 1.55. The second kappa shape index (κ2) is 11.6. The summed E-state index contributed by atoms with van der Waals surface area (Å²) < 4.78 is 11.0. The molecule has 8 heteroatoms. The minimum atomic E-state index is -0.221. The molecule has 0 aliphatic rings. The molecule has 0 radical (unpaired) electrons. The molecule has 2 aromatic heterocycles. The lowest BCUT2D eigenvalue weighted by molar-refractivity contribution is -0.140. The van der Waals surface area contributed by atoms with Crippen molar-refractivity contribution in [2.75, 3.05) is 32.7 Å². The third-order valence-electron chi connectivity index (χ3n) is 5.55.